The van der Waals surface area contributed by atoms with Crippen LogP contribution in [0.15, 0.2) is 72.8 Å². The van der Waals surface area contributed by atoms with Gasteiger partial charge in [0.2, 0.25) is 26.3 Å². The first-order valence-corrected chi connectivity index (χ1v) is 16.3. The summed E-state index contributed by atoms with van der Waals surface area (Å²) in [5, 5.41) is 0. The first kappa shape index (κ1) is 29.7. The van der Waals surface area contributed by atoms with E-state index >= 15 is 0 Å². The molecule has 10 nitrogen and oxygen atoms in total. The minimum absolute atomic E-state index is 0.0218. The van der Waals surface area contributed by atoms with Crippen LogP contribution in [-0.4, -0.2) is 57.5 Å². The molecule has 6 aliphatic rings. The normalized spacial score (nSPS) is 24.9. The van der Waals surface area contributed by atoms with E-state index in [-0.39, 0.29) is 38.5 Å². The molecule has 0 spiro atoms. The fraction of sp³-hybridized carbons (Fsp3) is 0.378. The van der Waals surface area contributed by atoms with Crippen LogP contribution in [0, 0.1) is 11.8 Å². The van der Waals surface area contributed by atoms with Gasteiger partial charge in [0.15, 0.2) is 34.5 Å². The number of amides is 1. The average molecular weight is 640 g/mol. The molecule has 3 aromatic carbocycles. The summed E-state index contributed by atoms with van der Waals surface area (Å²) in [7, 11) is 0. The number of allylic oxidation sites excluding steroid dienone is 2. The Morgan fingerprint density at radius 3 is 1.68 bits per heavy atom. The predicted molar refractivity (Wildman–Crippen MR) is 171 cm³/mol. The van der Waals surface area contributed by atoms with Gasteiger partial charge in [-0.05, 0) is 72.4 Å². The van der Waals surface area contributed by atoms with Gasteiger partial charge in [-0.25, -0.2) is 0 Å². The van der Waals surface area contributed by atoms with E-state index in [1.54, 1.807) is 12.2 Å². The van der Waals surface area contributed by atoms with Crippen molar-refractivity contribution in [3.8, 4) is 34.5 Å². The monoisotopic (exact) mass is 639 g/mol. The lowest BCUT2D eigenvalue weighted by Crippen LogP contribution is -2.34. The van der Waals surface area contributed by atoms with Crippen LogP contribution in [0.1, 0.15) is 48.2 Å². The first-order chi connectivity index (χ1) is 23.2. The number of carbonyl (C=O) groups is 1. The van der Waals surface area contributed by atoms with Crippen molar-refractivity contribution in [2.45, 2.75) is 31.5 Å². The molecule has 1 amide bonds. The summed E-state index contributed by atoms with van der Waals surface area (Å²) >= 11 is 0. The van der Waals surface area contributed by atoms with Crippen molar-refractivity contribution in [3.63, 3.8) is 0 Å². The van der Waals surface area contributed by atoms with Crippen molar-refractivity contribution in [2.24, 2.45) is 11.8 Å². The number of ether oxygens (including phenoxy) is 8. The van der Waals surface area contributed by atoms with Crippen molar-refractivity contribution in [1.82, 2.24) is 4.90 Å². The van der Waals surface area contributed by atoms with Crippen LogP contribution in [0.5, 0.6) is 34.5 Å². The highest BCUT2D eigenvalue weighted by molar-refractivity contribution is 5.88. The lowest BCUT2D eigenvalue weighted by atomic mass is 9.85. The van der Waals surface area contributed by atoms with Gasteiger partial charge >= 0.3 is 0 Å². The Kier molecular flexibility index (Phi) is 8.35. The number of hydrogen-bond donors (Lipinski definition) is 0. The Labute approximate surface area is 273 Å². The average Bonchev–Trinajstić information content (AvgIpc) is 3.95. The molecule has 0 bridgehead atoms. The molecular weight excluding hydrogens is 602 g/mol. The zero-order valence-corrected chi connectivity index (χ0v) is 26.0. The van der Waals surface area contributed by atoms with Crippen LogP contribution in [0.25, 0.3) is 6.08 Å². The Bertz CT molecular complexity index is 1610. The van der Waals surface area contributed by atoms with Gasteiger partial charge in [-0.15, -0.1) is 0 Å². The Balaban J connectivity index is 0.000000142. The minimum Gasteiger partial charge on any atom is -0.454 e. The van der Waals surface area contributed by atoms with Crippen LogP contribution >= 0.6 is 0 Å². The number of nitrogens with zero attached hydrogens (tertiary/aromatic N) is 1. The predicted octanol–water partition coefficient (Wildman–Crippen LogP) is 6.22. The van der Waals surface area contributed by atoms with Gasteiger partial charge in [0.25, 0.3) is 0 Å². The fourth-order valence-corrected chi connectivity index (χ4v) is 6.96. The number of carbonyl (C=O) groups excluding carboxylic acids is 1. The molecule has 0 aromatic heterocycles. The molecule has 4 atom stereocenters. The molecule has 6 aliphatic heterocycles. The highest BCUT2D eigenvalue weighted by Gasteiger charge is 2.48. The zero-order valence-electron chi connectivity index (χ0n) is 26.0. The van der Waals surface area contributed by atoms with Crippen LogP contribution < -0.4 is 28.4 Å². The fourth-order valence-electron chi connectivity index (χ4n) is 6.96. The molecule has 3 saturated heterocycles. The molecular formula is C37H37NO9. The van der Waals surface area contributed by atoms with E-state index in [9.17, 15) is 4.79 Å². The topological polar surface area (TPSA) is 94.2 Å². The Hall–Kier alpha value is -4.67. The van der Waals surface area contributed by atoms with Crippen molar-refractivity contribution >= 4 is 12.0 Å². The second kappa shape index (κ2) is 13.2. The Morgan fingerprint density at radius 1 is 0.596 bits per heavy atom. The molecule has 3 fully saturated rings. The van der Waals surface area contributed by atoms with Gasteiger partial charge in [-0.3, -0.25) is 4.79 Å². The maximum absolute atomic E-state index is 11.9. The molecule has 10 heteroatoms. The van der Waals surface area contributed by atoms with Gasteiger partial charge < -0.3 is 42.8 Å². The number of piperidine rings is 1. The molecule has 6 heterocycles. The number of likely N-dealkylation sites (tertiary alicyclic amines) is 1. The van der Waals surface area contributed by atoms with Gasteiger partial charge in [-0.1, -0.05) is 36.4 Å². The lowest BCUT2D eigenvalue weighted by Gasteiger charge is -2.25. The SMILES string of the molecule is O=C(C=CC=Cc1ccc2c(c1)OCO2)N1CCCCC1.c1cc2c(cc1C1OCC3C(c4ccc5c(c4)OCO5)OCC13)OCO2. The molecule has 0 N–H and O–H groups in total. The third-order valence-corrected chi connectivity index (χ3v) is 9.42. The summed E-state index contributed by atoms with van der Waals surface area (Å²) in [4.78, 5) is 13.8. The molecule has 9 rings (SSSR count). The van der Waals surface area contributed by atoms with E-state index in [1.165, 1.54) is 6.42 Å². The van der Waals surface area contributed by atoms with Gasteiger partial charge in [0, 0.05) is 31.0 Å². The molecule has 4 unspecified atom stereocenters. The number of hydrogen-bond acceptors (Lipinski definition) is 9. The third kappa shape index (κ3) is 6.23. The summed E-state index contributed by atoms with van der Waals surface area (Å²) in [6, 6.07) is 17.9. The summed E-state index contributed by atoms with van der Waals surface area (Å²) < 4.78 is 44.8. The molecule has 0 radical (unpaired) electrons. The molecule has 244 valence electrons. The van der Waals surface area contributed by atoms with Gasteiger partial charge in [0.05, 0.1) is 25.4 Å². The van der Waals surface area contributed by atoms with Crippen molar-refractivity contribution in [1.29, 1.82) is 0 Å². The van der Waals surface area contributed by atoms with Gasteiger partial charge in [-0.2, -0.15) is 0 Å². The maximum Gasteiger partial charge on any atom is 0.246 e. The quantitative estimate of drug-likeness (QED) is 0.238. The highest BCUT2D eigenvalue weighted by Crippen LogP contribution is 2.52. The maximum atomic E-state index is 11.9. The van der Waals surface area contributed by atoms with E-state index in [0.29, 0.717) is 25.0 Å². The van der Waals surface area contributed by atoms with Crippen LogP contribution in [-0.2, 0) is 14.3 Å². The number of fused-ring (bicyclic) bond motifs is 4. The van der Waals surface area contributed by atoms with Gasteiger partial charge in [0.1, 0.15) is 0 Å². The molecule has 3 aromatic rings. The smallest absolute Gasteiger partial charge is 0.246 e. The second-order valence-corrected chi connectivity index (χ2v) is 12.3. The van der Waals surface area contributed by atoms with Crippen molar-refractivity contribution < 1.29 is 42.7 Å². The van der Waals surface area contributed by atoms with E-state index in [2.05, 4.69) is 12.1 Å². The zero-order chi connectivity index (χ0) is 31.6. The van der Waals surface area contributed by atoms with Crippen LogP contribution in [0.4, 0.5) is 0 Å². The third-order valence-electron chi connectivity index (χ3n) is 9.42. The van der Waals surface area contributed by atoms with E-state index in [4.69, 9.17) is 37.9 Å². The number of benzene rings is 3. The molecule has 47 heavy (non-hydrogen) atoms. The minimum atomic E-state index is 0.0218. The standard InChI is InChI=1S/C20H18O6.C17H19NO3/c1-3-15-17(25-9-23-15)5-11(1)19-13-7-22-20(14(13)8-21-19)12-2-4-16-18(6-12)26-10-24-16;19-17(18-10-4-1-5-11-18)7-3-2-6-14-8-9-15-16(12-14)21-13-20-15/h1-6,13-14,19-20H,7-10H2;2-3,6-9,12H,1,4-5,10-11,13H2. The second-order valence-electron chi connectivity index (χ2n) is 12.3. The van der Waals surface area contributed by atoms with E-state index in [0.717, 1.165) is 77.1 Å². The summed E-state index contributed by atoms with van der Waals surface area (Å²) in [6.07, 6.45) is 10.8. The van der Waals surface area contributed by atoms with E-state index in [1.807, 2.05) is 59.5 Å². The lowest BCUT2D eigenvalue weighted by molar-refractivity contribution is -0.126. The largest absolute Gasteiger partial charge is 0.454 e. The summed E-state index contributed by atoms with van der Waals surface area (Å²) in [6.45, 7) is 3.99. The summed E-state index contributed by atoms with van der Waals surface area (Å²) in [5.41, 5.74) is 3.27. The molecule has 0 aliphatic carbocycles. The first-order valence-electron chi connectivity index (χ1n) is 16.3. The molecule has 0 saturated carbocycles. The number of rotatable bonds is 5. The summed E-state index contributed by atoms with van der Waals surface area (Å²) in [5.74, 6) is 5.48. The van der Waals surface area contributed by atoms with Crippen LogP contribution in [0.3, 0.4) is 0 Å². The Morgan fingerprint density at radius 2 is 1.11 bits per heavy atom. The van der Waals surface area contributed by atoms with E-state index < -0.39 is 0 Å². The van der Waals surface area contributed by atoms with Crippen molar-refractivity contribution in [2.75, 3.05) is 46.7 Å². The highest BCUT2D eigenvalue weighted by atomic mass is 16.7. The van der Waals surface area contributed by atoms with Crippen molar-refractivity contribution in [3.05, 3.63) is 89.5 Å². The van der Waals surface area contributed by atoms with Crippen LogP contribution in [0.2, 0.25) is 0 Å².